The lowest BCUT2D eigenvalue weighted by Crippen LogP contribution is -2.42. The van der Waals surface area contributed by atoms with E-state index < -0.39 is 11.8 Å². The third-order valence-corrected chi connectivity index (χ3v) is 4.37. The van der Waals surface area contributed by atoms with E-state index in [9.17, 15) is 14.4 Å². The van der Waals surface area contributed by atoms with Gasteiger partial charge in [-0.3, -0.25) is 25.2 Å². The molecule has 0 aliphatic carbocycles. The van der Waals surface area contributed by atoms with E-state index in [1.165, 1.54) is 33.5 Å². The molecule has 31 heavy (non-hydrogen) atoms. The van der Waals surface area contributed by atoms with Crippen LogP contribution < -0.4 is 30.4 Å². The molecule has 0 bridgehead atoms. The van der Waals surface area contributed by atoms with Crippen molar-refractivity contribution in [2.45, 2.75) is 19.8 Å². The Morgan fingerprint density at radius 1 is 0.839 bits per heavy atom. The van der Waals surface area contributed by atoms with Gasteiger partial charge in [0.05, 0.1) is 21.3 Å². The second kappa shape index (κ2) is 11.4. The Hall–Kier alpha value is -3.75. The number of benzene rings is 2. The Morgan fingerprint density at radius 3 is 1.97 bits per heavy atom. The van der Waals surface area contributed by atoms with E-state index in [0.717, 1.165) is 0 Å². The first-order valence-corrected chi connectivity index (χ1v) is 9.62. The molecule has 0 heterocycles. The zero-order valence-corrected chi connectivity index (χ0v) is 18.0. The Labute approximate surface area is 181 Å². The summed E-state index contributed by atoms with van der Waals surface area (Å²) in [7, 11) is 4.34. The first kappa shape index (κ1) is 23.5. The molecule has 0 aliphatic rings. The number of rotatable bonds is 9. The molecule has 3 amide bonds. The molecule has 2 aromatic carbocycles. The average molecular weight is 429 g/mol. The number of methoxy groups -OCH3 is 3. The molecular formula is C22H27N3O6. The van der Waals surface area contributed by atoms with E-state index in [1.807, 2.05) is 18.2 Å². The summed E-state index contributed by atoms with van der Waals surface area (Å²) in [6.07, 6.45) is 0.237. The maximum atomic E-state index is 12.4. The number of hydrogen-bond donors (Lipinski definition) is 3. The molecule has 0 saturated heterocycles. The van der Waals surface area contributed by atoms with E-state index in [0.29, 0.717) is 22.9 Å². The number of hydrazine groups is 1. The van der Waals surface area contributed by atoms with Gasteiger partial charge in [-0.05, 0) is 30.2 Å². The third kappa shape index (κ3) is 6.91. The molecule has 9 heteroatoms. The summed E-state index contributed by atoms with van der Waals surface area (Å²) in [6, 6.07) is 12.0. The first-order valence-electron chi connectivity index (χ1n) is 9.62. The van der Waals surface area contributed by atoms with Gasteiger partial charge in [0.25, 0.3) is 5.91 Å². The van der Waals surface area contributed by atoms with Gasteiger partial charge in [-0.2, -0.15) is 0 Å². The van der Waals surface area contributed by atoms with Crippen molar-refractivity contribution in [1.29, 1.82) is 0 Å². The monoisotopic (exact) mass is 429 g/mol. The Morgan fingerprint density at radius 2 is 1.42 bits per heavy atom. The Bertz CT molecular complexity index is 892. The van der Waals surface area contributed by atoms with Crippen molar-refractivity contribution >= 4 is 23.4 Å². The average Bonchev–Trinajstić information content (AvgIpc) is 2.76. The zero-order chi connectivity index (χ0) is 22.8. The smallest absolute Gasteiger partial charge is 0.269 e. The molecule has 0 saturated carbocycles. The van der Waals surface area contributed by atoms with Crippen LogP contribution in [0.15, 0.2) is 42.5 Å². The molecule has 0 fully saturated rings. The van der Waals surface area contributed by atoms with Gasteiger partial charge >= 0.3 is 0 Å². The van der Waals surface area contributed by atoms with Gasteiger partial charge < -0.3 is 19.5 Å². The number of hydrogen-bond acceptors (Lipinski definition) is 6. The quantitative estimate of drug-likeness (QED) is 0.528. The lowest BCUT2D eigenvalue weighted by molar-refractivity contribution is -0.123. The van der Waals surface area contributed by atoms with E-state index in [1.54, 1.807) is 19.1 Å². The minimum Gasteiger partial charge on any atom is -0.493 e. The molecule has 2 aromatic rings. The summed E-state index contributed by atoms with van der Waals surface area (Å²) in [4.78, 5) is 36.6. The van der Waals surface area contributed by atoms with Crippen LogP contribution in [-0.2, 0) is 9.59 Å². The lowest BCUT2D eigenvalue weighted by Gasteiger charge is -2.15. The molecule has 0 aliphatic heterocycles. The van der Waals surface area contributed by atoms with Crippen LogP contribution in [0, 0.1) is 5.92 Å². The van der Waals surface area contributed by atoms with Crippen molar-refractivity contribution < 1.29 is 28.6 Å². The summed E-state index contributed by atoms with van der Waals surface area (Å²) in [5.41, 5.74) is 5.61. The fraction of sp³-hybridized carbons (Fsp3) is 0.318. The standard InChI is InChI=1S/C22H27N3O6/c1-14(10-19(26)23-16-8-6-5-7-9-16)11-20(27)24-25-22(28)15-12-17(29-2)21(31-4)18(13-15)30-3/h5-9,12-14H,10-11H2,1-4H3,(H,23,26)(H,24,27)(H,25,28). The maximum Gasteiger partial charge on any atom is 0.269 e. The highest BCUT2D eigenvalue weighted by atomic mass is 16.5. The molecule has 1 unspecified atom stereocenters. The number of para-hydroxylation sites is 1. The van der Waals surface area contributed by atoms with Crippen molar-refractivity contribution in [3.63, 3.8) is 0 Å². The first-order chi connectivity index (χ1) is 14.9. The number of amides is 3. The van der Waals surface area contributed by atoms with Crippen LogP contribution in [0.3, 0.4) is 0 Å². The molecule has 3 N–H and O–H groups in total. The number of carbonyl (C=O) groups is 3. The molecule has 166 valence electrons. The second-order valence-electron chi connectivity index (χ2n) is 6.84. The summed E-state index contributed by atoms with van der Waals surface area (Å²) >= 11 is 0. The van der Waals surface area contributed by atoms with Crippen LogP contribution in [0.2, 0.25) is 0 Å². The highest BCUT2D eigenvalue weighted by Crippen LogP contribution is 2.38. The Kier molecular flexibility index (Phi) is 8.68. The minimum atomic E-state index is -0.554. The lowest BCUT2D eigenvalue weighted by atomic mass is 10.0. The summed E-state index contributed by atoms with van der Waals surface area (Å²) in [6.45, 7) is 1.78. The summed E-state index contributed by atoms with van der Waals surface area (Å²) in [5.74, 6) is -0.390. The predicted octanol–water partition coefficient (Wildman–Crippen LogP) is 2.53. The molecular weight excluding hydrogens is 402 g/mol. The predicted molar refractivity (Wildman–Crippen MR) is 115 cm³/mol. The van der Waals surface area contributed by atoms with Gasteiger partial charge in [-0.1, -0.05) is 25.1 Å². The van der Waals surface area contributed by atoms with Crippen LogP contribution in [0.1, 0.15) is 30.1 Å². The molecule has 0 spiro atoms. The van der Waals surface area contributed by atoms with Crippen LogP contribution in [-0.4, -0.2) is 39.1 Å². The van der Waals surface area contributed by atoms with E-state index in [2.05, 4.69) is 16.2 Å². The van der Waals surface area contributed by atoms with Crippen LogP contribution in [0.5, 0.6) is 17.2 Å². The molecule has 1 atom stereocenters. The zero-order valence-electron chi connectivity index (χ0n) is 18.0. The SMILES string of the molecule is COc1cc(C(=O)NNC(=O)CC(C)CC(=O)Nc2ccccc2)cc(OC)c1OC. The molecule has 0 aromatic heterocycles. The van der Waals surface area contributed by atoms with Gasteiger partial charge in [0, 0.05) is 24.1 Å². The number of ether oxygens (including phenoxy) is 3. The van der Waals surface area contributed by atoms with Crippen molar-refractivity contribution in [3.05, 3.63) is 48.0 Å². The highest BCUT2D eigenvalue weighted by Gasteiger charge is 2.18. The summed E-state index contributed by atoms with van der Waals surface area (Å²) in [5, 5.41) is 2.77. The fourth-order valence-electron chi connectivity index (χ4n) is 2.90. The van der Waals surface area contributed by atoms with Crippen molar-refractivity contribution in [1.82, 2.24) is 10.9 Å². The van der Waals surface area contributed by atoms with Crippen molar-refractivity contribution in [2.75, 3.05) is 26.6 Å². The minimum absolute atomic E-state index is 0.0672. The maximum absolute atomic E-state index is 12.4. The highest BCUT2D eigenvalue weighted by molar-refractivity contribution is 5.96. The van der Waals surface area contributed by atoms with E-state index in [-0.39, 0.29) is 30.2 Å². The van der Waals surface area contributed by atoms with Crippen molar-refractivity contribution in [2.24, 2.45) is 5.92 Å². The van der Waals surface area contributed by atoms with Gasteiger partial charge in [-0.25, -0.2) is 0 Å². The van der Waals surface area contributed by atoms with Crippen LogP contribution in [0.25, 0.3) is 0 Å². The largest absolute Gasteiger partial charge is 0.493 e. The fourth-order valence-corrected chi connectivity index (χ4v) is 2.90. The van der Waals surface area contributed by atoms with Crippen molar-refractivity contribution in [3.8, 4) is 17.2 Å². The Balaban J connectivity index is 1.86. The molecule has 9 nitrogen and oxygen atoms in total. The summed E-state index contributed by atoms with van der Waals surface area (Å²) < 4.78 is 15.7. The van der Waals surface area contributed by atoms with E-state index >= 15 is 0 Å². The van der Waals surface area contributed by atoms with Gasteiger partial charge in [0.2, 0.25) is 17.6 Å². The number of nitrogens with one attached hydrogen (secondary N) is 3. The van der Waals surface area contributed by atoms with Crippen LogP contribution >= 0.6 is 0 Å². The van der Waals surface area contributed by atoms with Gasteiger partial charge in [-0.15, -0.1) is 0 Å². The number of anilines is 1. The van der Waals surface area contributed by atoms with Crippen LogP contribution in [0.4, 0.5) is 5.69 Å². The van der Waals surface area contributed by atoms with Gasteiger partial charge in [0.1, 0.15) is 0 Å². The normalized spacial score (nSPS) is 11.1. The third-order valence-electron chi connectivity index (χ3n) is 4.37. The number of carbonyl (C=O) groups excluding carboxylic acids is 3. The molecule has 2 rings (SSSR count). The molecule has 0 radical (unpaired) electrons. The van der Waals surface area contributed by atoms with E-state index in [4.69, 9.17) is 14.2 Å². The van der Waals surface area contributed by atoms with Gasteiger partial charge in [0.15, 0.2) is 11.5 Å². The topological polar surface area (TPSA) is 115 Å². The second-order valence-corrected chi connectivity index (χ2v) is 6.84.